The number of nitrogens with zero attached hydrogens (tertiary/aromatic N) is 2. The molecule has 6 heteroatoms. The van der Waals surface area contributed by atoms with Crippen molar-refractivity contribution in [3.05, 3.63) is 28.2 Å². The Balaban J connectivity index is 2.21. The van der Waals surface area contributed by atoms with Gasteiger partial charge in [0.2, 0.25) is 11.8 Å². The standard InChI is InChI=1S/C14H16Cl2N2O2/c1-10(19)18(9-13(20)17-7-2-3-8-17)12-6-4-5-11(15)14(12)16/h4-6H,2-3,7-9H2,1H3. The van der Waals surface area contributed by atoms with Gasteiger partial charge in [-0.05, 0) is 25.0 Å². The van der Waals surface area contributed by atoms with Crippen molar-refractivity contribution in [1.82, 2.24) is 4.90 Å². The van der Waals surface area contributed by atoms with Crippen molar-refractivity contribution in [2.75, 3.05) is 24.5 Å². The zero-order valence-corrected chi connectivity index (χ0v) is 12.7. The molecule has 2 amide bonds. The summed E-state index contributed by atoms with van der Waals surface area (Å²) in [5.41, 5.74) is 0.471. The molecule has 1 fully saturated rings. The molecule has 0 unspecified atom stereocenters. The third-order valence-electron chi connectivity index (χ3n) is 3.35. The number of hydrogen-bond acceptors (Lipinski definition) is 2. The van der Waals surface area contributed by atoms with Crippen LogP contribution in [0.1, 0.15) is 19.8 Å². The van der Waals surface area contributed by atoms with Gasteiger partial charge in [0.15, 0.2) is 0 Å². The van der Waals surface area contributed by atoms with Gasteiger partial charge in [-0.15, -0.1) is 0 Å². The SMILES string of the molecule is CC(=O)N(CC(=O)N1CCCC1)c1cccc(Cl)c1Cl. The van der Waals surface area contributed by atoms with Crippen LogP contribution in [0.4, 0.5) is 5.69 Å². The van der Waals surface area contributed by atoms with Gasteiger partial charge < -0.3 is 9.80 Å². The Labute approximate surface area is 128 Å². The highest BCUT2D eigenvalue weighted by atomic mass is 35.5. The molecule has 1 saturated heterocycles. The molecule has 1 aromatic carbocycles. The van der Waals surface area contributed by atoms with E-state index >= 15 is 0 Å². The first-order valence-corrected chi connectivity index (χ1v) is 7.26. The van der Waals surface area contributed by atoms with Crippen LogP contribution in [-0.2, 0) is 9.59 Å². The molecule has 1 heterocycles. The summed E-state index contributed by atoms with van der Waals surface area (Å²) in [4.78, 5) is 27.1. The quantitative estimate of drug-likeness (QED) is 0.860. The fourth-order valence-electron chi connectivity index (χ4n) is 2.27. The maximum atomic E-state index is 12.2. The van der Waals surface area contributed by atoms with E-state index in [-0.39, 0.29) is 18.4 Å². The molecule has 0 saturated carbocycles. The van der Waals surface area contributed by atoms with Crippen LogP contribution in [0.5, 0.6) is 0 Å². The van der Waals surface area contributed by atoms with Crippen LogP contribution in [0, 0.1) is 0 Å². The van der Waals surface area contributed by atoms with Crippen LogP contribution in [0.3, 0.4) is 0 Å². The molecule has 1 aliphatic rings. The van der Waals surface area contributed by atoms with Crippen LogP contribution in [-0.4, -0.2) is 36.3 Å². The fourth-order valence-corrected chi connectivity index (χ4v) is 2.67. The zero-order chi connectivity index (χ0) is 14.7. The largest absolute Gasteiger partial charge is 0.341 e. The summed E-state index contributed by atoms with van der Waals surface area (Å²) in [6, 6.07) is 5.04. The second kappa shape index (κ2) is 6.46. The highest BCUT2D eigenvalue weighted by Crippen LogP contribution is 2.32. The molecule has 0 radical (unpaired) electrons. The van der Waals surface area contributed by atoms with E-state index in [4.69, 9.17) is 23.2 Å². The molecule has 2 rings (SSSR count). The number of hydrogen-bond donors (Lipinski definition) is 0. The first-order chi connectivity index (χ1) is 9.50. The minimum Gasteiger partial charge on any atom is -0.341 e. The first kappa shape index (κ1) is 15.1. The molecule has 1 aromatic rings. The maximum Gasteiger partial charge on any atom is 0.242 e. The summed E-state index contributed by atoms with van der Waals surface area (Å²) >= 11 is 12.1. The lowest BCUT2D eigenvalue weighted by atomic mass is 10.2. The Kier molecular flexibility index (Phi) is 4.89. The molecule has 0 spiro atoms. The Morgan fingerprint density at radius 1 is 1.25 bits per heavy atom. The van der Waals surface area contributed by atoms with Crippen molar-refractivity contribution in [3.8, 4) is 0 Å². The van der Waals surface area contributed by atoms with E-state index in [9.17, 15) is 9.59 Å². The fraction of sp³-hybridized carbons (Fsp3) is 0.429. The van der Waals surface area contributed by atoms with Crippen molar-refractivity contribution < 1.29 is 9.59 Å². The summed E-state index contributed by atoms with van der Waals surface area (Å²) < 4.78 is 0. The molecule has 0 N–H and O–H groups in total. The highest BCUT2D eigenvalue weighted by Gasteiger charge is 2.24. The summed E-state index contributed by atoms with van der Waals surface area (Å²) in [7, 11) is 0. The molecule has 0 aromatic heterocycles. The lowest BCUT2D eigenvalue weighted by Crippen LogP contribution is -2.41. The van der Waals surface area contributed by atoms with Gasteiger partial charge in [-0.2, -0.15) is 0 Å². The van der Waals surface area contributed by atoms with Gasteiger partial charge in [0.1, 0.15) is 6.54 Å². The van der Waals surface area contributed by atoms with Gasteiger partial charge >= 0.3 is 0 Å². The van der Waals surface area contributed by atoms with Gasteiger partial charge in [0, 0.05) is 20.0 Å². The number of rotatable bonds is 3. The van der Waals surface area contributed by atoms with E-state index in [0.717, 1.165) is 25.9 Å². The van der Waals surface area contributed by atoms with E-state index in [1.165, 1.54) is 11.8 Å². The first-order valence-electron chi connectivity index (χ1n) is 6.50. The van der Waals surface area contributed by atoms with Gasteiger partial charge in [0.05, 0.1) is 15.7 Å². The second-order valence-corrected chi connectivity index (χ2v) is 5.55. The Morgan fingerprint density at radius 2 is 1.90 bits per heavy atom. The Morgan fingerprint density at radius 3 is 2.50 bits per heavy atom. The van der Waals surface area contributed by atoms with Gasteiger partial charge in [-0.3, -0.25) is 9.59 Å². The average molecular weight is 315 g/mol. The third-order valence-corrected chi connectivity index (χ3v) is 4.16. The predicted octanol–water partition coefficient (Wildman–Crippen LogP) is 2.97. The van der Waals surface area contributed by atoms with Crippen molar-refractivity contribution in [3.63, 3.8) is 0 Å². The second-order valence-electron chi connectivity index (χ2n) is 4.77. The van der Waals surface area contributed by atoms with Crippen LogP contribution < -0.4 is 4.90 Å². The summed E-state index contributed by atoms with van der Waals surface area (Å²) in [6.07, 6.45) is 2.04. The number of halogens is 2. The molecule has 0 atom stereocenters. The van der Waals surface area contributed by atoms with Gasteiger partial charge in [0.25, 0.3) is 0 Å². The summed E-state index contributed by atoms with van der Waals surface area (Å²) in [6.45, 7) is 2.92. The van der Waals surface area contributed by atoms with Crippen molar-refractivity contribution in [2.24, 2.45) is 0 Å². The monoisotopic (exact) mass is 314 g/mol. The van der Waals surface area contributed by atoms with Crippen LogP contribution in [0.15, 0.2) is 18.2 Å². The molecule has 1 aliphatic heterocycles. The van der Waals surface area contributed by atoms with Gasteiger partial charge in [-0.25, -0.2) is 0 Å². The number of amides is 2. The maximum absolute atomic E-state index is 12.2. The van der Waals surface area contributed by atoms with Crippen LogP contribution >= 0.6 is 23.2 Å². The minimum atomic E-state index is -0.235. The summed E-state index contributed by atoms with van der Waals surface area (Å²) in [5, 5.41) is 0.655. The van der Waals surface area contributed by atoms with Crippen molar-refractivity contribution >= 4 is 40.7 Å². The normalized spacial score (nSPS) is 14.4. The third kappa shape index (κ3) is 3.25. The molecular weight excluding hydrogens is 299 g/mol. The Bertz CT molecular complexity index is 528. The minimum absolute atomic E-state index is 0.00457. The molecule has 20 heavy (non-hydrogen) atoms. The number of carbonyl (C=O) groups excluding carboxylic acids is 2. The average Bonchev–Trinajstić information content (AvgIpc) is 2.93. The van der Waals surface area contributed by atoms with E-state index in [0.29, 0.717) is 15.7 Å². The number of benzene rings is 1. The van der Waals surface area contributed by atoms with Crippen molar-refractivity contribution in [2.45, 2.75) is 19.8 Å². The molecule has 4 nitrogen and oxygen atoms in total. The molecule has 0 bridgehead atoms. The van der Waals surface area contributed by atoms with E-state index in [1.54, 1.807) is 23.1 Å². The molecular formula is C14H16Cl2N2O2. The van der Waals surface area contributed by atoms with Crippen LogP contribution in [0.25, 0.3) is 0 Å². The van der Waals surface area contributed by atoms with E-state index in [2.05, 4.69) is 0 Å². The Hall–Kier alpha value is -1.26. The lowest BCUT2D eigenvalue weighted by molar-refractivity contribution is -0.130. The van der Waals surface area contributed by atoms with Crippen molar-refractivity contribution in [1.29, 1.82) is 0 Å². The summed E-state index contributed by atoms with van der Waals surface area (Å²) in [5.74, 6) is -0.296. The zero-order valence-electron chi connectivity index (χ0n) is 11.2. The molecule has 0 aliphatic carbocycles. The van der Waals surface area contributed by atoms with E-state index < -0.39 is 0 Å². The predicted molar refractivity (Wildman–Crippen MR) is 80.3 cm³/mol. The highest BCUT2D eigenvalue weighted by molar-refractivity contribution is 6.44. The van der Waals surface area contributed by atoms with Crippen LogP contribution in [0.2, 0.25) is 10.0 Å². The smallest absolute Gasteiger partial charge is 0.242 e. The number of likely N-dealkylation sites (tertiary alicyclic amines) is 1. The van der Waals surface area contributed by atoms with Gasteiger partial charge in [-0.1, -0.05) is 29.3 Å². The van der Waals surface area contributed by atoms with E-state index in [1.807, 2.05) is 0 Å². The topological polar surface area (TPSA) is 40.6 Å². The molecule has 108 valence electrons. The lowest BCUT2D eigenvalue weighted by Gasteiger charge is -2.25. The number of carbonyl (C=O) groups is 2. The number of anilines is 1.